The van der Waals surface area contributed by atoms with Crippen LogP contribution in [0.2, 0.25) is 0 Å². The van der Waals surface area contributed by atoms with E-state index >= 15 is 0 Å². The number of nitrogens with zero attached hydrogens (tertiary/aromatic N) is 1. The van der Waals surface area contributed by atoms with Crippen LogP contribution < -0.4 is 0 Å². The van der Waals surface area contributed by atoms with E-state index in [4.69, 9.17) is 5.11 Å². The first-order valence-corrected chi connectivity index (χ1v) is 7.35. The van der Waals surface area contributed by atoms with Gasteiger partial charge in [0.2, 0.25) is 0 Å². The molecule has 110 valence electrons. The molecule has 0 atom stereocenters. The Morgan fingerprint density at radius 1 is 1.05 bits per heavy atom. The molecule has 2 aromatic carbocycles. The highest BCUT2D eigenvalue weighted by molar-refractivity contribution is 5.86. The fraction of sp³-hybridized carbons (Fsp3) is 0.158. The number of rotatable bonds is 4. The molecular weight excluding hydrogens is 274 g/mol. The van der Waals surface area contributed by atoms with Gasteiger partial charge in [-0.1, -0.05) is 43.3 Å². The molecule has 0 amide bonds. The van der Waals surface area contributed by atoms with Gasteiger partial charge in [0.15, 0.2) is 0 Å². The summed E-state index contributed by atoms with van der Waals surface area (Å²) in [5, 5.41) is 11.2. The summed E-state index contributed by atoms with van der Waals surface area (Å²) in [7, 11) is 0. The number of hydrogen-bond donors (Lipinski definition) is 1. The molecule has 0 bridgehead atoms. The second kappa shape index (κ2) is 5.98. The molecule has 1 heterocycles. The highest BCUT2D eigenvalue weighted by Gasteiger charge is 2.05. The van der Waals surface area contributed by atoms with Crippen molar-refractivity contribution in [2.75, 3.05) is 0 Å². The van der Waals surface area contributed by atoms with E-state index in [9.17, 15) is 4.79 Å². The molecule has 0 aliphatic carbocycles. The van der Waals surface area contributed by atoms with Crippen molar-refractivity contribution in [2.24, 2.45) is 0 Å². The highest BCUT2D eigenvalue weighted by atomic mass is 16.4. The number of aliphatic carboxylic acids is 1. The van der Waals surface area contributed by atoms with Gasteiger partial charge in [-0.05, 0) is 35.1 Å². The second-order valence-corrected chi connectivity index (χ2v) is 5.38. The topological polar surface area (TPSA) is 50.2 Å². The van der Waals surface area contributed by atoms with Gasteiger partial charge >= 0.3 is 5.97 Å². The van der Waals surface area contributed by atoms with E-state index in [0.717, 1.165) is 34.0 Å². The van der Waals surface area contributed by atoms with E-state index in [1.54, 1.807) is 0 Å². The minimum atomic E-state index is -0.823. The zero-order chi connectivity index (χ0) is 15.5. The van der Waals surface area contributed by atoms with Crippen LogP contribution in [0.4, 0.5) is 0 Å². The molecule has 3 aromatic rings. The van der Waals surface area contributed by atoms with Gasteiger partial charge < -0.3 is 5.11 Å². The Hall–Kier alpha value is -2.68. The lowest BCUT2D eigenvalue weighted by molar-refractivity contribution is -0.136. The first-order valence-electron chi connectivity index (χ1n) is 7.35. The number of hydrogen-bond acceptors (Lipinski definition) is 2. The molecule has 0 saturated heterocycles. The number of pyridine rings is 1. The summed E-state index contributed by atoms with van der Waals surface area (Å²) in [4.78, 5) is 15.4. The summed E-state index contributed by atoms with van der Waals surface area (Å²) in [5.41, 5.74) is 3.90. The maximum absolute atomic E-state index is 10.8. The first-order chi connectivity index (χ1) is 10.7. The summed E-state index contributed by atoms with van der Waals surface area (Å²) in [6, 6.07) is 16.0. The zero-order valence-corrected chi connectivity index (χ0v) is 12.4. The standard InChI is InChI=1S/C19H17NO2/c1-2-13-6-7-16-12-20-18(11-17(16)8-13)15-5-3-4-14(9-15)10-19(21)22/h3-9,11-12H,2,10H2,1H3,(H,21,22). The molecule has 22 heavy (non-hydrogen) atoms. The normalized spacial score (nSPS) is 10.8. The van der Waals surface area contributed by atoms with Gasteiger partial charge in [0.1, 0.15) is 0 Å². The van der Waals surface area contributed by atoms with Gasteiger partial charge in [-0.2, -0.15) is 0 Å². The van der Waals surface area contributed by atoms with Crippen molar-refractivity contribution in [3.63, 3.8) is 0 Å². The van der Waals surface area contributed by atoms with Crippen molar-refractivity contribution in [1.29, 1.82) is 0 Å². The SMILES string of the molecule is CCc1ccc2cnc(-c3cccc(CC(=O)O)c3)cc2c1. The Bertz CT molecular complexity index is 840. The maximum Gasteiger partial charge on any atom is 0.307 e. The molecule has 3 nitrogen and oxygen atoms in total. The summed E-state index contributed by atoms with van der Waals surface area (Å²) in [6.45, 7) is 2.14. The monoisotopic (exact) mass is 291 g/mol. The molecule has 0 fully saturated rings. The molecule has 1 aromatic heterocycles. The van der Waals surface area contributed by atoms with Gasteiger partial charge in [0.25, 0.3) is 0 Å². The third-order valence-electron chi connectivity index (χ3n) is 3.77. The lowest BCUT2D eigenvalue weighted by Crippen LogP contribution is -1.99. The first kappa shape index (κ1) is 14.3. The number of fused-ring (bicyclic) bond motifs is 1. The van der Waals surface area contributed by atoms with Crippen molar-refractivity contribution in [2.45, 2.75) is 19.8 Å². The largest absolute Gasteiger partial charge is 0.481 e. The number of aryl methyl sites for hydroxylation is 1. The predicted octanol–water partition coefficient (Wildman–Crippen LogP) is 4.09. The molecule has 0 unspecified atom stereocenters. The van der Waals surface area contributed by atoms with Gasteiger partial charge in [0, 0.05) is 17.1 Å². The van der Waals surface area contributed by atoms with Crippen LogP contribution in [0.15, 0.2) is 54.7 Å². The Morgan fingerprint density at radius 2 is 1.91 bits per heavy atom. The third kappa shape index (κ3) is 2.98. The molecule has 0 saturated carbocycles. The van der Waals surface area contributed by atoms with Gasteiger partial charge in [0.05, 0.1) is 12.1 Å². The lowest BCUT2D eigenvalue weighted by atomic mass is 10.0. The zero-order valence-electron chi connectivity index (χ0n) is 12.4. The minimum Gasteiger partial charge on any atom is -0.481 e. The van der Waals surface area contributed by atoms with Crippen LogP contribution in [0, 0.1) is 0 Å². The van der Waals surface area contributed by atoms with Crippen LogP contribution in [-0.2, 0) is 17.6 Å². The lowest BCUT2D eigenvalue weighted by Gasteiger charge is -2.06. The fourth-order valence-electron chi connectivity index (χ4n) is 2.58. The molecule has 3 heteroatoms. The second-order valence-electron chi connectivity index (χ2n) is 5.38. The van der Waals surface area contributed by atoms with E-state index in [0.29, 0.717) is 0 Å². The van der Waals surface area contributed by atoms with Gasteiger partial charge in [-0.3, -0.25) is 9.78 Å². The summed E-state index contributed by atoms with van der Waals surface area (Å²) in [5.74, 6) is -0.823. The maximum atomic E-state index is 10.8. The van der Waals surface area contributed by atoms with Crippen molar-refractivity contribution < 1.29 is 9.90 Å². The van der Waals surface area contributed by atoms with Crippen molar-refractivity contribution in [3.05, 3.63) is 65.9 Å². The van der Waals surface area contributed by atoms with E-state index in [2.05, 4.69) is 36.2 Å². The summed E-state index contributed by atoms with van der Waals surface area (Å²) in [6.07, 6.45) is 2.90. The minimum absolute atomic E-state index is 0.0292. The Labute approximate surface area is 129 Å². The van der Waals surface area contributed by atoms with E-state index < -0.39 is 5.97 Å². The van der Waals surface area contributed by atoms with E-state index in [1.807, 2.05) is 30.5 Å². The summed E-state index contributed by atoms with van der Waals surface area (Å²) < 4.78 is 0. The van der Waals surface area contributed by atoms with Crippen LogP contribution in [0.25, 0.3) is 22.0 Å². The number of benzene rings is 2. The highest BCUT2D eigenvalue weighted by Crippen LogP contribution is 2.24. The molecule has 1 N–H and O–H groups in total. The molecular formula is C19H17NO2. The van der Waals surface area contributed by atoms with Crippen molar-refractivity contribution in [3.8, 4) is 11.3 Å². The molecule has 3 rings (SSSR count). The summed E-state index contributed by atoms with van der Waals surface area (Å²) >= 11 is 0. The van der Waals surface area contributed by atoms with E-state index in [1.165, 1.54) is 5.56 Å². The van der Waals surface area contributed by atoms with Crippen LogP contribution in [0.3, 0.4) is 0 Å². The Balaban J connectivity index is 2.04. The van der Waals surface area contributed by atoms with Gasteiger partial charge in [-0.15, -0.1) is 0 Å². The average Bonchev–Trinajstić information content (AvgIpc) is 2.53. The predicted molar refractivity (Wildman–Crippen MR) is 87.9 cm³/mol. The third-order valence-corrected chi connectivity index (χ3v) is 3.77. The molecule has 0 radical (unpaired) electrons. The number of aromatic nitrogens is 1. The average molecular weight is 291 g/mol. The quantitative estimate of drug-likeness (QED) is 0.787. The van der Waals surface area contributed by atoms with Crippen molar-refractivity contribution >= 4 is 16.7 Å². The van der Waals surface area contributed by atoms with Crippen LogP contribution in [0.5, 0.6) is 0 Å². The van der Waals surface area contributed by atoms with Crippen LogP contribution >= 0.6 is 0 Å². The van der Waals surface area contributed by atoms with Gasteiger partial charge in [-0.25, -0.2) is 0 Å². The molecule has 0 aliphatic heterocycles. The van der Waals surface area contributed by atoms with Crippen LogP contribution in [0.1, 0.15) is 18.1 Å². The smallest absolute Gasteiger partial charge is 0.307 e. The fourth-order valence-corrected chi connectivity index (χ4v) is 2.58. The van der Waals surface area contributed by atoms with E-state index in [-0.39, 0.29) is 6.42 Å². The molecule has 0 aliphatic rings. The molecule has 0 spiro atoms. The number of carbonyl (C=O) groups is 1. The Morgan fingerprint density at radius 3 is 2.68 bits per heavy atom. The van der Waals surface area contributed by atoms with Crippen molar-refractivity contribution in [1.82, 2.24) is 4.98 Å². The Kier molecular flexibility index (Phi) is 3.88. The number of carboxylic acids is 1. The van der Waals surface area contributed by atoms with Crippen LogP contribution in [-0.4, -0.2) is 16.1 Å². The number of carboxylic acid groups (broad SMARTS) is 1.